The summed E-state index contributed by atoms with van der Waals surface area (Å²) in [5.41, 5.74) is 9.35. The minimum absolute atomic E-state index is 0.260. The lowest BCUT2D eigenvalue weighted by atomic mass is 9.96. The molecular formula is C17H15ClN2O. The molecule has 1 atom stereocenters. The molecule has 0 spiro atoms. The smallest absolute Gasteiger partial charge is 0.137 e. The number of aromatic nitrogens is 1. The van der Waals surface area contributed by atoms with Crippen LogP contribution >= 0.6 is 11.6 Å². The number of hydrogen-bond acceptors (Lipinski definition) is 3. The Morgan fingerprint density at radius 1 is 1.14 bits per heavy atom. The van der Waals surface area contributed by atoms with E-state index in [2.05, 4.69) is 4.98 Å². The minimum atomic E-state index is -0.260. The van der Waals surface area contributed by atoms with E-state index in [0.717, 1.165) is 22.0 Å². The third-order valence-electron chi connectivity index (χ3n) is 3.55. The topological polar surface area (TPSA) is 48.1 Å². The number of nitrogens with two attached hydrogens (primary N) is 1. The lowest BCUT2D eigenvalue weighted by Gasteiger charge is -2.16. The highest BCUT2D eigenvalue weighted by Gasteiger charge is 2.14. The molecule has 3 aromatic rings. The molecule has 0 saturated carbocycles. The molecule has 4 heteroatoms. The van der Waals surface area contributed by atoms with Crippen molar-refractivity contribution in [1.82, 2.24) is 4.98 Å². The first kappa shape index (κ1) is 13.9. The molecule has 0 aliphatic carbocycles. The molecule has 0 bridgehead atoms. The van der Waals surface area contributed by atoms with E-state index in [4.69, 9.17) is 22.1 Å². The summed E-state index contributed by atoms with van der Waals surface area (Å²) in [5.74, 6) is 0.628. The molecule has 1 aromatic heterocycles. The Morgan fingerprint density at radius 3 is 2.76 bits per heavy atom. The van der Waals surface area contributed by atoms with Gasteiger partial charge in [-0.25, -0.2) is 0 Å². The predicted octanol–water partition coefficient (Wildman–Crippen LogP) is 3.94. The number of benzene rings is 2. The lowest BCUT2D eigenvalue weighted by molar-refractivity contribution is 0.414. The van der Waals surface area contributed by atoms with Crippen LogP contribution in [-0.2, 0) is 0 Å². The first-order chi connectivity index (χ1) is 10.2. The summed E-state index contributed by atoms with van der Waals surface area (Å²) < 4.78 is 5.26. The van der Waals surface area contributed by atoms with Crippen molar-refractivity contribution < 1.29 is 4.74 Å². The highest BCUT2D eigenvalue weighted by molar-refractivity contribution is 6.32. The van der Waals surface area contributed by atoms with Crippen LogP contribution in [0.3, 0.4) is 0 Å². The molecule has 0 aliphatic heterocycles. The van der Waals surface area contributed by atoms with E-state index in [1.807, 2.05) is 42.5 Å². The molecule has 0 aliphatic rings. The number of nitrogens with zero attached hydrogens (tertiary/aromatic N) is 1. The first-order valence-electron chi connectivity index (χ1n) is 6.63. The van der Waals surface area contributed by atoms with Crippen molar-refractivity contribution >= 4 is 22.5 Å². The number of halogens is 1. The molecule has 0 saturated heterocycles. The van der Waals surface area contributed by atoms with Gasteiger partial charge in [0.15, 0.2) is 0 Å². The van der Waals surface area contributed by atoms with Gasteiger partial charge in [-0.15, -0.1) is 0 Å². The molecule has 0 radical (unpaired) electrons. The Labute approximate surface area is 128 Å². The fourth-order valence-electron chi connectivity index (χ4n) is 2.44. The summed E-state index contributed by atoms with van der Waals surface area (Å²) in [4.78, 5) is 4.36. The number of ether oxygens (including phenoxy) is 1. The normalized spacial score (nSPS) is 12.3. The van der Waals surface area contributed by atoms with Gasteiger partial charge in [0.2, 0.25) is 0 Å². The minimum Gasteiger partial charge on any atom is -0.495 e. The molecule has 3 rings (SSSR count). The van der Waals surface area contributed by atoms with Gasteiger partial charge in [0, 0.05) is 11.6 Å². The summed E-state index contributed by atoms with van der Waals surface area (Å²) in [6.07, 6.45) is 1.78. The van der Waals surface area contributed by atoms with Gasteiger partial charge in [-0.1, -0.05) is 35.9 Å². The van der Waals surface area contributed by atoms with E-state index >= 15 is 0 Å². The van der Waals surface area contributed by atoms with Crippen molar-refractivity contribution in [3.63, 3.8) is 0 Å². The summed E-state index contributed by atoms with van der Waals surface area (Å²) in [7, 11) is 1.60. The third kappa shape index (κ3) is 2.58. The zero-order chi connectivity index (χ0) is 14.8. The molecule has 106 valence electrons. The third-order valence-corrected chi connectivity index (χ3v) is 3.86. The van der Waals surface area contributed by atoms with Gasteiger partial charge in [0.1, 0.15) is 5.75 Å². The summed E-state index contributed by atoms with van der Waals surface area (Å²) in [6.45, 7) is 0. The zero-order valence-electron chi connectivity index (χ0n) is 11.6. The second-order valence-electron chi connectivity index (χ2n) is 4.79. The van der Waals surface area contributed by atoms with Gasteiger partial charge in [0.05, 0.1) is 23.7 Å². The molecule has 2 aromatic carbocycles. The van der Waals surface area contributed by atoms with Crippen molar-refractivity contribution in [1.29, 1.82) is 0 Å². The fourth-order valence-corrected chi connectivity index (χ4v) is 2.63. The van der Waals surface area contributed by atoms with Crippen molar-refractivity contribution in [2.24, 2.45) is 5.73 Å². The van der Waals surface area contributed by atoms with E-state index in [0.29, 0.717) is 10.8 Å². The molecule has 1 heterocycles. The number of fused-ring (bicyclic) bond motifs is 1. The Hall–Kier alpha value is -2.10. The Bertz CT molecular complexity index is 783. The fraction of sp³-hybridized carbons (Fsp3) is 0.118. The summed E-state index contributed by atoms with van der Waals surface area (Å²) >= 11 is 6.07. The Kier molecular flexibility index (Phi) is 3.78. The molecule has 0 fully saturated rings. The number of methoxy groups -OCH3 is 1. The van der Waals surface area contributed by atoms with E-state index in [1.54, 1.807) is 19.4 Å². The van der Waals surface area contributed by atoms with Gasteiger partial charge in [-0.3, -0.25) is 4.98 Å². The van der Waals surface area contributed by atoms with Gasteiger partial charge in [0.25, 0.3) is 0 Å². The van der Waals surface area contributed by atoms with Crippen LogP contribution in [0.4, 0.5) is 0 Å². The Balaban J connectivity index is 2.10. The van der Waals surface area contributed by atoms with E-state index in [1.165, 1.54) is 0 Å². The summed E-state index contributed by atoms with van der Waals surface area (Å²) in [6, 6.07) is 15.3. The van der Waals surface area contributed by atoms with Crippen LogP contribution in [0.25, 0.3) is 10.9 Å². The highest BCUT2D eigenvalue weighted by atomic mass is 35.5. The molecule has 1 unspecified atom stereocenters. The van der Waals surface area contributed by atoms with Crippen LogP contribution in [0.15, 0.2) is 54.7 Å². The van der Waals surface area contributed by atoms with Crippen molar-refractivity contribution in [2.45, 2.75) is 6.04 Å². The van der Waals surface area contributed by atoms with Crippen LogP contribution in [0, 0.1) is 0 Å². The van der Waals surface area contributed by atoms with Gasteiger partial charge < -0.3 is 10.5 Å². The van der Waals surface area contributed by atoms with Gasteiger partial charge in [-0.05, 0) is 35.4 Å². The maximum atomic E-state index is 6.43. The van der Waals surface area contributed by atoms with Gasteiger partial charge >= 0.3 is 0 Å². The van der Waals surface area contributed by atoms with Crippen LogP contribution in [0.2, 0.25) is 5.02 Å². The quantitative estimate of drug-likeness (QED) is 0.796. The van der Waals surface area contributed by atoms with E-state index < -0.39 is 0 Å². The maximum Gasteiger partial charge on any atom is 0.137 e. The number of pyridine rings is 1. The average molecular weight is 299 g/mol. The second kappa shape index (κ2) is 5.72. The SMILES string of the molecule is COc1cc(C(N)c2ccnc3ccccc23)ccc1Cl. The maximum absolute atomic E-state index is 6.43. The molecular weight excluding hydrogens is 284 g/mol. The largest absolute Gasteiger partial charge is 0.495 e. The van der Waals surface area contributed by atoms with E-state index in [9.17, 15) is 0 Å². The second-order valence-corrected chi connectivity index (χ2v) is 5.20. The van der Waals surface area contributed by atoms with Gasteiger partial charge in [-0.2, -0.15) is 0 Å². The average Bonchev–Trinajstić information content (AvgIpc) is 2.54. The zero-order valence-corrected chi connectivity index (χ0v) is 12.3. The van der Waals surface area contributed by atoms with Crippen LogP contribution < -0.4 is 10.5 Å². The van der Waals surface area contributed by atoms with Crippen molar-refractivity contribution in [3.8, 4) is 5.75 Å². The standard InChI is InChI=1S/C17H15ClN2O/c1-21-16-10-11(6-7-14(16)18)17(19)13-8-9-20-15-5-3-2-4-12(13)15/h2-10,17H,19H2,1H3. The first-order valence-corrected chi connectivity index (χ1v) is 7.01. The van der Waals surface area contributed by atoms with Crippen molar-refractivity contribution in [3.05, 3.63) is 70.9 Å². The van der Waals surface area contributed by atoms with Crippen LogP contribution in [0.1, 0.15) is 17.2 Å². The molecule has 2 N–H and O–H groups in total. The van der Waals surface area contributed by atoms with Crippen LogP contribution in [0.5, 0.6) is 5.75 Å². The number of hydrogen-bond donors (Lipinski definition) is 1. The number of rotatable bonds is 3. The molecule has 0 amide bonds. The molecule has 3 nitrogen and oxygen atoms in total. The lowest BCUT2D eigenvalue weighted by Crippen LogP contribution is -2.12. The molecule has 21 heavy (non-hydrogen) atoms. The van der Waals surface area contributed by atoms with Crippen molar-refractivity contribution in [2.75, 3.05) is 7.11 Å². The Morgan fingerprint density at radius 2 is 1.95 bits per heavy atom. The predicted molar refractivity (Wildman–Crippen MR) is 85.8 cm³/mol. The van der Waals surface area contributed by atoms with Crippen LogP contribution in [-0.4, -0.2) is 12.1 Å². The summed E-state index contributed by atoms with van der Waals surface area (Å²) in [5, 5.41) is 1.63. The monoisotopic (exact) mass is 298 g/mol. The number of para-hydroxylation sites is 1. The highest BCUT2D eigenvalue weighted by Crippen LogP contribution is 2.31. The van der Waals surface area contributed by atoms with E-state index in [-0.39, 0.29) is 6.04 Å².